The first-order valence-electron chi connectivity index (χ1n) is 6.96. The van der Waals surface area contributed by atoms with Gasteiger partial charge in [-0.15, -0.1) is 0 Å². The van der Waals surface area contributed by atoms with E-state index in [4.69, 9.17) is 5.11 Å². The van der Waals surface area contributed by atoms with Crippen LogP contribution in [0, 0.1) is 0 Å². The van der Waals surface area contributed by atoms with Crippen molar-refractivity contribution in [1.82, 2.24) is 15.5 Å². The summed E-state index contributed by atoms with van der Waals surface area (Å²) in [7, 11) is 0. The average molecular weight is 273 g/mol. The summed E-state index contributed by atoms with van der Waals surface area (Å²) in [5.41, 5.74) is 0. The maximum absolute atomic E-state index is 11.9. The summed E-state index contributed by atoms with van der Waals surface area (Å²) in [6, 6.07) is -0.0422. The minimum atomic E-state index is -0.824. The van der Waals surface area contributed by atoms with E-state index < -0.39 is 5.97 Å². The maximum atomic E-state index is 11.9. The van der Waals surface area contributed by atoms with Crippen LogP contribution in [0.2, 0.25) is 0 Å². The largest absolute Gasteiger partial charge is 0.481 e. The van der Waals surface area contributed by atoms with Gasteiger partial charge in [-0.3, -0.25) is 4.79 Å². The van der Waals surface area contributed by atoms with Crippen LogP contribution in [0.25, 0.3) is 0 Å². The number of carbonyl (C=O) groups is 2. The zero-order chi connectivity index (χ0) is 14.7. The Morgan fingerprint density at radius 2 is 1.89 bits per heavy atom. The number of hydrogen-bond acceptors (Lipinski definition) is 3. The van der Waals surface area contributed by atoms with E-state index in [1.807, 2.05) is 20.8 Å². The van der Waals surface area contributed by atoms with Gasteiger partial charge < -0.3 is 20.6 Å². The van der Waals surface area contributed by atoms with Crippen LogP contribution in [-0.2, 0) is 4.79 Å². The summed E-state index contributed by atoms with van der Waals surface area (Å²) in [6.07, 6.45) is 1.47. The molecule has 112 valence electrons. The summed E-state index contributed by atoms with van der Waals surface area (Å²) in [6.45, 7) is 8.83. The zero-order valence-electron chi connectivity index (χ0n) is 12.2. The van der Waals surface area contributed by atoms with Crippen molar-refractivity contribution in [3.05, 3.63) is 0 Å². The zero-order valence-corrected chi connectivity index (χ0v) is 12.2. The van der Waals surface area contributed by atoms with Crippen LogP contribution in [0.15, 0.2) is 0 Å². The van der Waals surface area contributed by atoms with Gasteiger partial charge in [0, 0.05) is 25.6 Å². The van der Waals surface area contributed by atoms with Crippen molar-refractivity contribution in [2.75, 3.05) is 26.2 Å². The van der Waals surface area contributed by atoms with E-state index in [0.717, 1.165) is 19.5 Å². The fourth-order valence-corrected chi connectivity index (χ4v) is 1.68. The van der Waals surface area contributed by atoms with Crippen LogP contribution in [0.3, 0.4) is 0 Å². The fraction of sp³-hybridized carbons (Fsp3) is 0.846. The van der Waals surface area contributed by atoms with E-state index in [0.29, 0.717) is 19.5 Å². The third kappa shape index (κ3) is 9.30. The lowest BCUT2D eigenvalue weighted by atomic mass is 10.2. The summed E-state index contributed by atoms with van der Waals surface area (Å²) in [5.74, 6) is -0.824. The van der Waals surface area contributed by atoms with Crippen LogP contribution in [-0.4, -0.2) is 54.2 Å². The van der Waals surface area contributed by atoms with Crippen molar-refractivity contribution < 1.29 is 14.7 Å². The molecule has 0 saturated carbocycles. The number of urea groups is 1. The lowest BCUT2D eigenvalue weighted by Gasteiger charge is -2.26. The highest BCUT2D eigenvalue weighted by molar-refractivity contribution is 5.74. The van der Waals surface area contributed by atoms with Crippen LogP contribution < -0.4 is 10.6 Å². The molecule has 0 radical (unpaired) electrons. The summed E-state index contributed by atoms with van der Waals surface area (Å²) >= 11 is 0. The molecule has 0 fully saturated rings. The lowest BCUT2D eigenvalue weighted by molar-refractivity contribution is -0.137. The average Bonchev–Trinajstić information content (AvgIpc) is 2.33. The van der Waals surface area contributed by atoms with Gasteiger partial charge in [-0.1, -0.05) is 6.92 Å². The number of hydrogen-bond donors (Lipinski definition) is 3. The molecule has 0 aromatic rings. The third-order valence-electron chi connectivity index (χ3n) is 2.73. The van der Waals surface area contributed by atoms with Gasteiger partial charge in [0.05, 0.1) is 0 Å². The molecule has 0 aliphatic heterocycles. The van der Waals surface area contributed by atoms with E-state index in [-0.39, 0.29) is 18.5 Å². The minimum absolute atomic E-state index is 0.0718. The number of carbonyl (C=O) groups excluding carboxylic acids is 1. The Morgan fingerprint density at radius 3 is 2.42 bits per heavy atom. The Hall–Kier alpha value is -1.30. The highest BCUT2D eigenvalue weighted by atomic mass is 16.4. The van der Waals surface area contributed by atoms with Gasteiger partial charge in [0.2, 0.25) is 0 Å². The normalized spacial score (nSPS) is 10.5. The first-order chi connectivity index (χ1) is 8.99. The molecule has 2 amide bonds. The van der Waals surface area contributed by atoms with Crippen LogP contribution >= 0.6 is 0 Å². The predicted molar refractivity (Wildman–Crippen MR) is 75.3 cm³/mol. The Bertz CT molecular complexity index is 270. The summed E-state index contributed by atoms with van der Waals surface area (Å²) in [4.78, 5) is 24.1. The fourth-order valence-electron chi connectivity index (χ4n) is 1.68. The van der Waals surface area contributed by atoms with Crippen molar-refractivity contribution in [2.24, 2.45) is 0 Å². The van der Waals surface area contributed by atoms with Crippen molar-refractivity contribution >= 4 is 12.0 Å². The van der Waals surface area contributed by atoms with E-state index in [2.05, 4.69) is 10.6 Å². The number of carboxylic acids is 1. The second-order valence-electron chi connectivity index (χ2n) is 4.72. The minimum Gasteiger partial charge on any atom is -0.481 e. The van der Waals surface area contributed by atoms with Crippen LogP contribution in [0.1, 0.15) is 40.0 Å². The number of carboxylic acid groups (broad SMARTS) is 1. The Morgan fingerprint density at radius 1 is 1.21 bits per heavy atom. The molecule has 0 rings (SSSR count). The summed E-state index contributed by atoms with van der Waals surface area (Å²) in [5, 5.41) is 14.7. The molecule has 0 aromatic carbocycles. The van der Waals surface area contributed by atoms with Gasteiger partial charge >= 0.3 is 12.0 Å². The van der Waals surface area contributed by atoms with E-state index >= 15 is 0 Å². The third-order valence-corrected chi connectivity index (χ3v) is 2.73. The molecule has 6 heteroatoms. The van der Waals surface area contributed by atoms with E-state index in [9.17, 15) is 9.59 Å². The second kappa shape index (κ2) is 10.6. The molecule has 6 nitrogen and oxygen atoms in total. The molecule has 0 spiro atoms. The highest BCUT2D eigenvalue weighted by Gasteiger charge is 2.16. The molecule has 3 N–H and O–H groups in total. The molecule has 0 atom stereocenters. The van der Waals surface area contributed by atoms with Gasteiger partial charge in [-0.2, -0.15) is 0 Å². The lowest BCUT2D eigenvalue weighted by Crippen LogP contribution is -2.45. The van der Waals surface area contributed by atoms with Gasteiger partial charge in [0.25, 0.3) is 0 Å². The Balaban J connectivity index is 3.94. The highest BCUT2D eigenvalue weighted by Crippen LogP contribution is 2.02. The topological polar surface area (TPSA) is 81.7 Å². The monoisotopic (exact) mass is 273 g/mol. The standard InChI is InChI=1S/C13H27N3O3/c1-4-14-8-6-9-15-13(19)16(11(2)3)10-5-7-12(17)18/h11,14H,4-10H2,1-3H3,(H,15,19)(H,17,18). The second-order valence-corrected chi connectivity index (χ2v) is 4.72. The van der Waals surface area contributed by atoms with Gasteiger partial charge in [0.15, 0.2) is 0 Å². The Kier molecular flexibility index (Phi) is 9.88. The molecule has 19 heavy (non-hydrogen) atoms. The van der Waals surface area contributed by atoms with Crippen molar-refractivity contribution in [1.29, 1.82) is 0 Å². The van der Waals surface area contributed by atoms with Crippen LogP contribution in [0.5, 0.6) is 0 Å². The first-order valence-corrected chi connectivity index (χ1v) is 6.96. The number of rotatable bonds is 10. The molecule has 0 heterocycles. The summed E-state index contributed by atoms with van der Waals surface area (Å²) < 4.78 is 0. The number of nitrogens with zero attached hydrogens (tertiary/aromatic N) is 1. The Labute approximate surface area is 115 Å². The smallest absolute Gasteiger partial charge is 0.317 e. The van der Waals surface area contributed by atoms with E-state index in [1.165, 1.54) is 0 Å². The molecule has 0 bridgehead atoms. The molecular weight excluding hydrogens is 246 g/mol. The maximum Gasteiger partial charge on any atom is 0.317 e. The SMILES string of the molecule is CCNCCCNC(=O)N(CCCC(=O)O)C(C)C. The van der Waals surface area contributed by atoms with Crippen molar-refractivity contribution in [2.45, 2.75) is 46.1 Å². The molecule has 0 aliphatic rings. The molecule has 0 aliphatic carbocycles. The molecule has 0 unspecified atom stereocenters. The number of amides is 2. The van der Waals surface area contributed by atoms with E-state index in [1.54, 1.807) is 4.90 Å². The van der Waals surface area contributed by atoms with Crippen LogP contribution in [0.4, 0.5) is 4.79 Å². The predicted octanol–water partition coefficient (Wildman–Crippen LogP) is 1.27. The van der Waals surface area contributed by atoms with Gasteiger partial charge in [0.1, 0.15) is 0 Å². The molecule has 0 saturated heterocycles. The van der Waals surface area contributed by atoms with Crippen molar-refractivity contribution in [3.8, 4) is 0 Å². The number of aliphatic carboxylic acids is 1. The van der Waals surface area contributed by atoms with Gasteiger partial charge in [-0.05, 0) is 39.8 Å². The quantitative estimate of drug-likeness (QED) is 0.524. The van der Waals surface area contributed by atoms with Gasteiger partial charge in [-0.25, -0.2) is 4.79 Å². The number of nitrogens with one attached hydrogen (secondary N) is 2. The first kappa shape index (κ1) is 17.7. The molecular formula is C13H27N3O3. The molecule has 0 aromatic heterocycles. The van der Waals surface area contributed by atoms with Crippen molar-refractivity contribution in [3.63, 3.8) is 0 Å².